The summed E-state index contributed by atoms with van der Waals surface area (Å²) in [5, 5.41) is 13.1. The summed E-state index contributed by atoms with van der Waals surface area (Å²) in [5.74, 6) is -1.43. The fraction of sp³-hybridized carbons (Fsp3) is 0.176. The number of carbonyl (C=O) groups is 2. The topological polar surface area (TPSA) is 92.6 Å². The highest BCUT2D eigenvalue weighted by Gasteiger charge is 2.21. The molecule has 0 radical (unpaired) electrons. The van der Waals surface area contributed by atoms with E-state index in [1.807, 2.05) is 30.3 Å². The Labute approximate surface area is 139 Å². The van der Waals surface area contributed by atoms with Gasteiger partial charge in [0, 0.05) is 30.9 Å². The number of nitro benzene ring substituents is 1. The average Bonchev–Trinajstić information content (AvgIpc) is 2.60. The van der Waals surface area contributed by atoms with E-state index in [2.05, 4.69) is 5.32 Å². The summed E-state index contributed by atoms with van der Waals surface area (Å²) in [4.78, 5) is 35.8. The molecule has 0 heterocycles. The minimum atomic E-state index is -0.776. The standard InChI is InChI=1S/C17H17N3O4/c1-2-19(12-13-6-4-3-5-7-13)17(22)16(21)18-14-8-10-15(11-9-14)20(23)24/h3-11H,2,12H2,1H3,(H,18,21). The quantitative estimate of drug-likeness (QED) is 0.519. The zero-order chi connectivity index (χ0) is 17.5. The number of nitro groups is 1. The smallest absolute Gasteiger partial charge is 0.313 e. The SMILES string of the molecule is CCN(Cc1ccccc1)C(=O)C(=O)Nc1ccc([N+](=O)[O-])cc1. The van der Waals surface area contributed by atoms with Gasteiger partial charge in [-0.2, -0.15) is 0 Å². The highest BCUT2D eigenvalue weighted by molar-refractivity contribution is 6.39. The van der Waals surface area contributed by atoms with Crippen LogP contribution >= 0.6 is 0 Å². The van der Waals surface area contributed by atoms with Crippen LogP contribution in [0.15, 0.2) is 54.6 Å². The third-order valence-electron chi connectivity index (χ3n) is 3.42. The summed E-state index contributed by atoms with van der Waals surface area (Å²) in [5.41, 5.74) is 1.17. The molecule has 2 rings (SSSR count). The van der Waals surface area contributed by atoms with Crippen LogP contribution in [0.25, 0.3) is 0 Å². The van der Waals surface area contributed by atoms with E-state index >= 15 is 0 Å². The van der Waals surface area contributed by atoms with Gasteiger partial charge in [-0.1, -0.05) is 30.3 Å². The molecule has 2 aromatic rings. The molecule has 0 saturated heterocycles. The predicted octanol–water partition coefficient (Wildman–Crippen LogP) is 2.58. The summed E-state index contributed by atoms with van der Waals surface area (Å²) >= 11 is 0. The van der Waals surface area contributed by atoms with Crippen molar-refractivity contribution in [1.82, 2.24) is 4.90 Å². The molecule has 0 bridgehead atoms. The molecule has 0 fully saturated rings. The maximum Gasteiger partial charge on any atom is 0.313 e. The lowest BCUT2D eigenvalue weighted by atomic mass is 10.2. The van der Waals surface area contributed by atoms with E-state index in [0.29, 0.717) is 18.8 Å². The molecule has 2 aromatic carbocycles. The van der Waals surface area contributed by atoms with Crippen LogP contribution < -0.4 is 5.32 Å². The van der Waals surface area contributed by atoms with E-state index in [-0.39, 0.29) is 5.69 Å². The zero-order valence-corrected chi connectivity index (χ0v) is 13.1. The van der Waals surface area contributed by atoms with Crippen LogP contribution in [0.2, 0.25) is 0 Å². The number of hydrogen-bond donors (Lipinski definition) is 1. The van der Waals surface area contributed by atoms with Crippen LogP contribution in [-0.2, 0) is 16.1 Å². The van der Waals surface area contributed by atoms with Crippen molar-refractivity contribution in [2.75, 3.05) is 11.9 Å². The van der Waals surface area contributed by atoms with Crippen LogP contribution in [0.5, 0.6) is 0 Å². The zero-order valence-electron chi connectivity index (χ0n) is 13.1. The van der Waals surface area contributed by atoms with Gasteiger partial charge in [-0.05, 0) is 24.6 Å². The van der Waals surface area contributed by atoms with Crippen molar-refractivity contribution in [2.24, 2.45) is 0 Å². The molecule has 7 heteroatoms. The number of nitrogens with zero attached hydrogens (tertiary/aromatic N) is 2. The second-order valence-corrected chi connectivity index (χ2v) is 5.06. The first kappa shape index (κ1) is 17.1. The van der Waals surface area contributed by atoms with E-state index < -0.39 is 16.7 Å². The summed E-state index contributed by atoms with van der Waals surface area (Å²) < 4.78 is 0. The van der Waals surface area contributed by atoms with Gasteiger partial charge in [-0.15, -0.1) is 0 Å². The lowest BCUT2D eigenvalue weighted by Crippen LogP contribution is -2.39. The number of rotatable bonds is 5. The maximum atomic E-state index is 12.3. The highest BCUT2D eigenvalue weighted by atomic mass is 16.6. The van der Waals surface area contributed by atoms with Gasteiger partial charge in [0.25, 0.3) is 5.69 Å². The Kier molecular flexibility index (Phi) is 5.62. The fourth-order valence-electron chi connectivity index (χ4n) is 2.13. The summed E-state index contributed by atoms with van der Waals surface area (Å²) in [7, 11) is 0. The van der Waals surface area contributed by atoms with Crippen molar-refractivity contribution in [2.45, 2.75) is 13.5 Å². The van der Waals surface area contributed by atoms with Crippen LogP contribution in [0, 0.1) is 10.1 Å². The number of non-ortho nitro benzene ring substituents is 1. The van der Waals surface area contributed by atoms with E-state index in [1.165, 1.54) is 29.2 Å². The fourth-order valence-corrected chi connectivity index (χ4v) is 2.13. The van der Waals surface area contributed by atoms with Crippen molar-refractivity contribution in [3.05, 3.63) is 70.3 Å². The van der Waals surface area contributed by atoms with Gasteiger partial charge in [0.2, 0.25) is 0 Å². The Morgan fingerprint density at radius 2 is 1.71 bits per heavy atom. The molecule has 0 aliphatic carbocycles. The van der Waals surface area contributed by atoms with Gasteiger partial charge < -0.3 is 10.2 Å². The Bertz CT molecular complexity index is 729. The number of carbonyl (C=O) groups excluding carboxylic acids is 2. The molecule has 0 aliphatic rings. The number of nitrogens with one attached hydrogen (secondary N) is 1. The van der Waals surface area contributed by atoms with Crippen LogP contribution in [0.4, 0.5) is 11.4 Å². The number of anilines is 1. The van der Waals surface area contributed by atoms with Gasteiger partial charge in [-0.25, -0.2) is 0 Å². The van der Waals surface area contributed by atoms with Gasteiger partial charge >= 0.3 is 11.8 Å². The number of hydrogen-bond acceptors (Lipinski definition) is 4. The molecular formula is C17H17N3O4. The second-order valence-electron chi connectivity index (χ2n) is 5.06. The first-order valence-electron chi connectivity index (χ1n) is 7.40. The van der Waals surface area contributed by atoms with E-state index in [0.717, 1.165) is 5.56 Å². The molecule has 0 aliphatic heterocycles. The third kappa shape index (κ3) is 4.39. The van der Waals surface area contributed by atoms with Crippen LogP contribution in [0.1, 0.15) is 12.5 Å². The van der Waals surface area contributed by atoms with Crippen molar-refractivity contribution < 1.29 is 14.5 Å². The molecule has 7 nitrogen and oxygen atoms in total. The lowest BCUT2D eigenvalue weighted by molar-refractivity contribution is -0.384. The first-order chi connectivity index (χ1) is 11.5. The molecule has 24 heavy (non-hydrogen) atoms. The number of amides is 2. The Balaban J connectivity index is 2.01. The van der Waals surface area contributed by atoms with Gasteiger partial charge in [-0.3, -0.25) is 19.7 Å². The normalized spacial score (nSPS) is 10.0. The summed E-state index contributed by atoms with van der Waals surface area (Å²) in [6.45, 7) is 2.52. The molecular weight excluding hydrogens is 310 g/mol. The van der Waals surface area contributed by atoms with E-state index in [4.69, 9.17) is 0 Å². The van der Waals surface area contributed by atoms with Crippen molar-refractivity contribution >= 4 is 23.2 Å². The van der Waals surface area contributed by atoms with Gasteiger partial charge in [0.05, 0.1) is 4.92 Å². The van der Waals surface area contributed by atoms with Crippen LogP contribution in [0.3, 0.4) is 0 Å². The molecule has 0 unspecified atom stereocenters. The molecule has 1 N–H and O–H groups in total. The highest BCUT2D eigenvalue weighted by Crippen LogP contribution is 2.15. The largest absolute Gasteiger partial charge is 0.330 e. The second kappa shape index (κ2) is 7.87. The predicted molar refractivity (Wildman–Crippen MR) is 89.3 cm³/mol. The van der Waals surface area contributed by atoms with Crippen molar-refractivity contribution in [3.8, 4) is 0 Å². The Hall–Kier alpha value is -3.22. The minimum Gasteiger partial charge on any atom is -0.330 e. The molecule has 0 aromatic heterocycles. The molecule has 0 spiro atoms. The summed E-state index contributed by atoms with van der Waals surface area (Å²) in [6.07, 6.45) is 0. The van der Waals surface area contributed by atoms with Gasteiger partial charge in [0.1, 0.15) is 0 Å². The minimum absolute atomic E-state index is 0.0846. The van der Waals surface area contributed by atoms with E-state index in [9.17, 15) is 19.7 Å². The van der Waals surface area contributed by atoms with Gasteiger partial charge in [0.15, 0.2) is 0 Å². The van der Waals surface area contributed by atoms with Crippen molar-refractivity contribution in [3.63, 3.8) is 0 Å². The van der Waals surface area contributed by atoms with Crippen LogP contribution in [-0.4, -0.2) is 28.2 Å². The Morgan fingerprint density at radius 1 is 1.08 bits per heavy atom. The first-order valence-corrected chi connectivity index (χ1v) is 7.40. The number of benzene rings is 2. The monoisotopic (exact) mass is 327 g/mol. The number of likely N-dealkylation sites (N-methyl/N-ethyl adjacent to an activating group) is 1. The molecule has 124 valence electrons. The molecule has 2 amide bonds. The van der Waals surface area contributed by atoms with E-state index in [1.54, 1.807) is 6.92 Å². The average molecular weight is 327 g/mol. The maximum absolute atomic E-state index is 12.3. The third-order valence-corrected chi connectivity index (χ3v) is 3.42. The summed E-state index contributed by atoms with van der Waals surface area (Å²) in [6, 6.07) is 14.7. The Morgan fingerprint density at radius 3 is 2.25 bits per heavy atom. The molecule has 0 saturated carbocycles. The lowest BCUT2D eigenvalue weighted by Gasteiger charge is -2.20. The molecule has 0 atom stereocenters. The van der Waals surface area contributed by atoms with Crippen molar-refractivity contribution in [1.29, 1.82) is 0 Å².